The van der Waals surface area contributed by atoms with Gasteiger partial charge < -0.3 is 5.32 Å². The number of hydrogen-bond acceptors (Lipinski definition) is 3. The van der Waals surface area contributed by atoms with Gasteiger partial charge in [0.1, 0.15) is 0 Å². The van der Waals surface area contributed by atoms with E-state index in [9.17, 15) is 4.39 Å². The summed E-state index contributed by atoms with van der Waals surface area (Å²) in [5.41, 5.74) is 0. The zero-order chi connectivity index (χ0) is 8.97. The minimum atomic E-state index is -0.412. The molecule has 0 atom stereocenters. The van der Waals surface area contributed by atoms with Gasteiger partial charge in [0, 0.05) is 6.54 Å². The molecule has 3 nitrogen and oxygen atoms in total. The molecule has 0 fully saturated rings. The van der Waals surface area contributed by atoms with Crippen molar-refractivity contribution in [2.45, 2.75) is 13.8 Å². The second kappa shape index (κ2) is 3.99. The summed E-state index contributed by atoms with van der Waals surface area (Å²) in [5, 5.41) is 2.98. The minimum Gasteiger partial charge on any atom is -0.354 e. The van der Waals surface area contributed by atoms with Gasteiger partial charge in [0.15, 0.2) is 5.82 Å². The minimum absolute atomic E-state index is 0.412. The molecular formula is C8H12FN3. The molecule has 0 aliphatic rings. The van der Waals surface area contributed by atoms with E-state index in [-0.39, 0.29) is 0 Å². The fourth-order valence-electron chi connectivity index (χ4n) is 0.699. The fourth-order valence-corrected chi connectivity index (χ4v) is 0.699. The Bertz CT molecular complexity index is 233. The van der Waals surface area contributed by atoms with Crippen LogP contribution in [-0.4, -0.2) is 16.5 Å². The van der Waals surface area contributed by atoms with E-state index >= 15 is 0 Å². The van der Waals surface area contributed by atoms with Gasteiger partial charge in [-0.15, -0.1) is 0 Å². The van der Waals surface area contributed by atoms with E-state index < -0.39 is 5.82 Å². The molecule has 1 aromatic rings. The zero-order valence-electron chi connectivity index (χ0n) is 7.21. The number of nitrogens with one attached hydrogen (secondary N) is 1. The molecule has 0 aromatic carbocycles. The summed E-state index contributed by atoms with van der Waals surface area (Å²) in [6.45, 7) is 4.96. The molecule has 0 amide bonds. The monoisotopic (exact) mass is 169 g/mol. The second-order valence-electron chi connectivity index (χ2n) is 3.00. The van der Waals surface area contributed by atoms with Gasteiger partial charge in [-0.3, -0.25) is 0 Å². The molecule has 12 heavy (non-hydrogen) atoms. The van der Waals surface area contributed by atoms with Gasteiger partial charge in [-0.05, 0) is 5.92 Å². The molecule has 1 aromatic heterocycles. The Morgan fingerprint density at radius 2 is 2.00 bits per heavy atom. The van der Waals surface area contributed by atoms with Gasteiger partial charge in [0.25, 0.3) is 0 Å². The van der Waals surface area contributed by atoms with Gasteiger partial charge in [0.05, 0.1) is 12.4 Å². The maximum atomic E-state index is 12.3. The summed E-state index contributed by atoms with van der Waals surface area (Å²) in [6.07, 6.45) is 2.30. The summed E-state index contributed by atoms with van der Waals surface area (Å²) in [6, 6.07) is 0. The molecule has 0 saturated heterocycles. The van der Waals surface area contributed by atoms with Crippen LogP contribution in [0.5, 0.6) is 0 Å². The predicted molar refractivity (Wildman–Crippen MR) is 45.3 cm³/mol. The van der Waals surface area contributed by atoms with Gasteiger partial charge in [0.2, 0.25) is 5.95 Å². The number of hydrogen-bond donors (Lipinski definition) is 1. The van der Waals surface area contributed by atoms with E-state index in [0.717, 1.165) is 18.9 Å². The number of halogens is 1. The number of aromatic nitrogens is 2. The lowest BCUT2D eigenvalue weighted by Gasteiger charge is -2.05. The van der Waals surface area contributed by atoms with Crippen LogP contribution in [0.4, 0.5) is 10.3 Å². The smallest absolute Gasteiger partial charge is 0.222 e. The van der Waals surface area contributed by atoms with Crippen LogP contribution >= 0.6 is 0 Å². The highest BCUT2D eigenvalue weighted by atomic mass is 19.1. The highest BCUT2D eigenvalue weighted by Crippen LogP contribution is 1.99. The third kappa shape index (κ3) is 2.82. The second-order valence-corrected chi connectivity index (χ2v) is 3.00. The highest BCUT2D eigenvalue weighted by molar-refractivity contribution is 5.22. The molecule has 0 aliphatic heterocycles. The molecule has 0 bridgehead atoms. The first kappa shape index (κ1) is 8.90. The lowest BCUT2D eigenvalue weighted by Crippen LogP contribution is -2.10. The van der Waals surface area contributed by atoms with Crippen molar-refractivity contribution < 1.29 is 4.39 Å². The predicted octanol–water partition coefficient (Wildman–Crippen LogP) is 1.68. The lowest BCUT2D eigenvalue weighted by molar-refractivity contribution is 0.613. The van der Waals surface area contributed by atoms with Gasteiger partial charge >= 0.3 is 0 Å². The van der Waals surface area contributed by atoms with E-state index in [1.807, 2.05) is 0 Å². The number of rotatable bonds is 3. The van der Waals surface area contributed by atoms with Gasteiger partial charge in [-0.1, -0.05) is 13.8 Å². The van der Waals surface area contributed by atoms with E-state index in [4.69, 9.17) is 0 Å². The van der Waals surface area contributed by atoms with Crippen LogP contribution in [0.1, 0.15) is 13.8 Å². The molecule has 0 spiro atoms. The molecule has 1 N–H and O–H groups in total. The normalized spacial score (nSPS) is 10.3. The maximum absolute atomic E-state index is 12.3. The third-order valence-corrected chi connectivity index (χ3v) is 1.29. The quantitative estimate of drug-likeness (QED) is 0.748. The Labute approximate surface area is 71.0 Å². The summed E-state index contributed by atoms with van der Waals surface area (Å²) in [7, 11) is 0. The molecule has 66 valence electrons. The van der Waals surface area contributed by atoms with Crippen molar-refractivity contribution in [1.82, 2.24) is 9.97 Å². The number of anilines is 1. The van der Waals surface area contributed by atoms with Crippen LogP contribution in [0.3, 0.4) is 0 Å². The van der Waals surface area contributed by atoms with Crippen molar-refractivity contribution in [1.29, 1.82) is 0 Å². The van der Waals surface area contributed by atoms with Crippen molar-refractivity contribution in [3.05, 3.63) is 18.2 Å². The summed E-state index contributed by atoms with van der Waals surface area (Å²) < 4.78 is 12.3. The topological polar surface area (TPSA) is 37.8 Å². The van der Waals surface area contributed by atoms with E-state index in [1.165, 1.54) is 0 Å². The first-order valence-electron chi connectivity index (χ1n) is 3.90. The van der Waals surface area contributed by atoms with Crippen LogP contribution in [0.15, 0.2) is 12.4 Å². The van der Waals surface area contributed by atoms with Gasteiger partial charge in [-0.2, -0.15) is 0 Å². The van der Waals surface area contributed by atoms with Gasteiger partial charge in [-0.25, -0.2) is 14.4 Å². The Morgan fingerprint density at radius 3 is 2.50 bits per heavy atom. The van der Waals surface area contributed by atoms with E-state index in [2.05, 4.69) is 29.1 Å². The Hall–Kier alpha value is -1.19. The van der Waals surface area contributed by atoms with E-state index in [1.54, 1.807) is 0 Å². The van der Waals surface area contributed by atoms with Crippen molar-refractivity contribution in [2.75, 3.05) is 11.9 Å². The average molecular weight is 169 g/mol. The lowest BCUT2D eigenvalue weighted by atomic mass is 10.2. The van der Waals surface area contributed by atoms with Crippen molar-refractivity contribution in [3.63, 3.8) is 0 Å². The van der Waals surface area contributed by atoms with E-state index in [0.29, 0.717) is 11.9 Å². The summed E-state index contributed by atoms with van der Waals surface area (Å²) >= 11 is 0. The highest BCUT2D eigenvalue weighted by Gasteiger charge is 1.97. The molecular weight excluding hydrogens is 157 g/mol. The fraction of sp³-hybridized carbons (Fsp3) is 0.500. The van der Waals surface area contributed by atoms with Crippen LogP contribution in [-0.2, 0) is 0 Å². The molecule has 1 heterocycles. The Morgan fingerprint density at radius 1 is 1.42 bits per heavy atom. The van der Waals surface area contributed by atoms with Crippen LogP contribution < -0.4 is 5.32 Å². The Kier molecular flexibility index (Phi) is 2.96. The Balaban J connectivity index is 2.48. The molecule has 0 unspecified atom stereocenters. The van der Waals surface area contributed by atoms with Crippen LogP contribution in [0.25, 0.3) is 0 Å². The van der Waals surface area contributed by atoms with Crippen molar-refractivity contribution >= 4 is 5.95 Å². The molecule has 1 rings (SSSR count). The molecule has 0 radical (unpaired) electrons. The third-order valence-electron chi connectivity index (χ3n) is 1.29. The maximum Gasteiger partial charge on any atom is 0.222 e. The molecule has 4 heteroatoms. The standard InChI is InChI=1S/C8H12FN3/c1-6(2)3-10-8-11-4-7(9)5-12-8/h4-6H,3H2,1-2H3,(H,10,11,12). The van der Waals surface area contributed by atoms with Crippen LogP contribution in [0, 0.1) is 11.7 Å². The average Bonchev–Trinajstić information content (AvgIpc) is 2.03. The first-order chi connectivity index (χ1) is 5.68. The zero-order valence-corrected chi connectivity index (χ0v) is 7.21. The van der Waals surface area contributed by atoms with Crippen LogP contribution in [0.2, 0.25) is 0 Å². The molecule has 0 aliphatic carbocycles. The molecule has 0 saturated carbocycles. The SMILES string of the molecule is CC(C)CNc1ncc(F)cn1. The largest absolute Gasteiger partial charge is 0.354 e. The number of nitrogens with zero attached hydrogens (tertiary/aromatic N) is 2. The van der Waals surface area contributed by atoms with Crippen molar-refractivity contribution in [3.8, 4) is 0 Å². The first-order valence-corrected chi connectivity index (χ1v) is 3.90. The van der Waals surface area contributed by atoms with Crippen molar-refractivity contribution in [2.24, 2.45) is 5.92 Å². The summed E-state index contributed by atoms with van der Waals surface area (Å²) in [5.74, 6) is 0.592. The summed E-state index contributed by atoms with van der Waals surface area (Å²) in [4.78, 5) is 7.51.